The molecule has 2 heteroatoms. The standard InChI is InChI=1S/C28H44O2/c1-17(2)18(3)7-8-19(4)22-9-10-23-26-24(12-14-28(22,23)6)27(5)13-11-21(29)15-20(27)16-25(26)30/h7-8,17-23,29H,9-16H2,1-6H3/b8-7+/t18-,19+,20+,21?,22?,23?,27?,28?/m0/s1. The van der Waals surface area contributed by atoms with Gasteiger partial charge in [-0.2, -0.15) is 0 Å². The maximum Gasteiger partial charge on any atom is 0.159 e. The molecular weight excluding hydrogens is 368 g/mol. The van der Waals surface area contributed by atoms with Gasteiger partial charge in [0.15, 0.2) is 5.78 Å². The van der Waals surface area contributed by atoms with Crippen LogP contribution in [-0.2, 0) is 4.79 Å². The van der Waals surface area contributed by atoms with Crippen molar-refractivity contribution in [2.24, 2.45) is 46.3 Å². The molecule has 0 heterocycles. The molecular formula is C28H44O2. The van der Waals surface area contributed by atoms with Gasteiger partial charge in [-0.3, -0.25) is 4.79 Å². The second-order valence-electron chi connectivity index (χ2n) is 12.2. The highest BCUT2D eigenvalue weighted by atomic mass is 16.3. The molecule has 8 atom stereocenters. The van der Waals surface area contributed by atoms with E-state index in [1.54, 1.807) is 0 Å². The Morgan fingerprint density at radius 1 is 1.03 bits per heavy atom. The third kappa shape index (κ3) is 3.46. The molecule has 0 aromatic rings. The number of ketones is 1. The quantitative estimate of drug-likeness (QED) is 0.520. The van der Waals surface area contributed by atoms with Crippen LogP contribution in [0.4, 0.5) is 0 Å². The van der Waals surface area contributed by atoms with E-state index < -0.39 is 0 Å². The summed E-state index contributed by atoms with van der Waals surface area (Å²) in [5.74, 6) is 3.81. The average molecular weight is 413 g/mol. The molecule has 2 nitrogen and oxygen atoms in total. The first-order chi connectivity index (χ1) is 14.1. The normalized spacial score (nSPS) is 43.5. The van der Waals surface area contributed by atoms with Gasteiger partial charge in [0.1, 0.15) is 0 Å². The van der Waals surface area contributed by atoms with E-state index in [0.29, 0.717) is 47.7 Å². The van der Waals surface area contributed by atoms with E-state index >= 15 is 0 Å². The Hall–Kier alpha value is -0.890. The Bertz CT molecular complexity index is 746. The van der Waals surface area contributed by atoms with Crippen molar-refractivity contribution in [3.05, 3.63) is 23.3 Å². The molecule has 168 valence electrons. The summed E-state index contributed by atoms with van der Waals surface area (Å²) in [6, 6.07) is 0. The van der Waals surface area contributed by atoms with E-state index in [-0.39, 0.29) is 16.9 Å². The molecule has 0 aliphatic heterocycles. The number of carbonyl (C=O) groups excluding carboxylic acids is 1. The maximum absolute atomic E-state index is 13.4. The summed E-state index contributed by atoms with van der Waals surface area (Å²) in [5.41, 5.74) is 3.18. The first-order valence-electron chi connectivity index (χ1n) is 12.7. The van der Waals surface area contributed by atoms with Crippen molar-refractivity contribution in [2.45, 2.75) is 99.0 Å². The summed E-state index contributed by atoms with van der Waals surface area (Å²) in [5, 5.41) is 10.2. The summed E-state index contributed by atoms with van der Waals surface area (Å²) in [7, 11) is 0. The third-order valence-electron chi connectivity index (χ3n) is 10.3. The summed E-state index contributed by atoms with van der Waals surface area (Å²) in [6.07, 6.45) is 12.9. The summed E-state index contributed by atoms with van der Waals surface area (Å²) in [4.78, 5) is 13.4. The zero-order chi connectivity index (χ0) is 21.8. The first kappa shape index (κ1) is 22.3. The molecule has 2 fully saturated rings. The highest BCUT2D eigenvalue weighted by molar-refractivity contribution is 5.98. The van der Waals surface area contributed by atoms with Crippen molar-refractivity contribution in [3.63, 3.8) is 0 Å². The first-order valence-corrected chi connectivity index (χ1v) is 12.7. The molecule has 0 aromatic carbocycles. The monoisotopic (exact) mass is 412 g/mol. The fourth-order valence-corrected chi connectivity index (χ4v) is 7.78. The Morgan fingerprint density at radius 3 is 2.47 bits per heavy atom. The molecule has 4 aliphatic rings. The van der Waals surface area contributed by atoms with Gasteiger partial charge >= 0.3 is 0 Å². The smallest absolute Gasteiger partial charge is 0.159 e. The largest absolute Gasteiger partial charge is 0.393 e. The van der Waals surface area contributed by atoms with Crippen LogP contribution >= 0.6 is 0 Å². The van der Waals surface area contributed by atoms with Crippen LogP contribution < -0.4 is 0 Å². The van der Waals surface area contributed by atoms with Gasteiger partial charge in [-0.15, -0.1) is 0 Å². The zero-order valence-corrected chi connectivity index (χ0v) is 20.2. The summed E-state index contributed by atoms with van der Waals surface area (Å²) >= 11 is 0. The van der Waals surface area contributed by atoms with Gasteiger partial charge in [-0.25, -0.2) is 0 Å². The molecule has 0 aromatic heterocycles. The number of hydrogen-bond acceptors (Lipinski definition) is 2. The van der Waals surface area contributed by atoms with E-state index in [2.05, 4.69) is 53.7 Å². The number of carbonyl (C=O) groups is 1. The molecule has 5 unspecified atom stereocenters. The zero-order valence-electron chi connectivity index (χ0n) is 20.2. The van der Waals surface area contributed by atoms with E-state index in [0.717, 1.165) is 25.7 Å². The number of fused-ring (bicyclic) bond motifs is 4. The summed E-state index contributed by atoms with van der Waals surface area (Å²) in [6.45, 7) is 14.3. The van der Waals surface area contributed by atoms with Gasteiger partial charge in [-0.05, 0) is 96.9 Å². The van der Waals surface area contributed by atoms with E-state index in [4.69, 9.17) is 0 Å². The molecule has 4 aliphatic carbocycles. The fourth-order valence-electron chi connectivity index (χ4n) is 7.78. The molecule has 0 saturated heterocycles. The molecule has 2 saturated carbocycles. The van der Waals surface area contributed by atoms with Crippen molar-refractivity contribution in [1.82, 2.24) is 0 Å². The van der Waals surface area contributed by atoms with Crippen molar-refractivity contribution in [2.75, 3.05) is 0 Å². The Morgan fingerprint density at radius 2 is 1.77 bits per heavy atom. The SMILES string of the molecule is CC(C)[C@@H](C)/C=C/[C@@H](C)C1CCC2C3=C(CCC21C)C1(C)CCC(O)C[C@@H]1CC3=O. The van der Waals surface area contributed by atoms with Gasteiger partial charge in [0.05, 0.1) is 6.10 Å². The molecule has 0 amide bonds. The van der Waals surface area contributed by atoms with Crippen molar-refractivity contribution < 1.29 is 9.90 Å². The second kappa shape index (κ2) is 7.91. The minimum absolute atomic E-state index is 0.153. The minimum Gasteiger partial charge on any atom is -0.393 e. The molecule has 1 N–H and O–H groups in total. The van der Waals surface area contributed by atoms with Crippen LogP contribution in [0.1, 0.15) is 92.9 Å². The van der Waals surface area contributed by atoms with Gasteiger partial charge in [0.2, 0.25) is 0 Å². The van der Waals surface area contributed by atoms with Gasteiger partial charge in [0, 0.05) is 6.42 Å². The number of rotatable bonds is 4. The third-order valence-corrected chi connectivity index (χ3v) is 10.3. The predicted octanol–water partition coefficient (Wildman–Crippen LogP) is 6.73. The van der Waals surface area contributed by atoms with Gasteiger partial charge in [0.25, 0.3) is 0 Å². The lowest BCUT2D eigenvalue weighted by molar-refractivity contribution is -0.121. The van der Waals surface area contributed by atoms with Gasteiger partial charge in [-0.1, -0.05) is 59.3 Å². The van der Waals surface area contributed by atoms with Crippen molar-refractivity contribution >= 4 is 5.78 Å². The number of Topliss-reactive ketones (excluding diaryl/α,β-unsaturated/α-hetero) is 1. The average Bonchev–Trinajstić information content (AvgIpc) is 3.04. The Balaban J connectivity index is 1.62. The molecule has 0 bridgehead atoms. The van der Waals surface area contributed by atoms with Crippen molar-refractivity contribution in [3.8, 4) is 0 Å². The molecule has 30 heavy (non-hydrogen) atoms. The van der Waals surface area contributed by atoms with Crippen LogP contribution in [0, 0.1) is 46.3 Å². The minimum atomic E-state index is -0.205. The molecule has 4 rings (SSSR count). The fraction of sp³-hybridized carbons (Fsp3) is 0.821. The van der Waals surface area contributed by atoms with Crippen LogP contribution in [0.3, 0.4) is 0 Å². The number of hydrogen-bond donors (Lipinski definition) is 1. The van der Waals surface area contributed by atoms with Crippen LogP contribution in [0.5, 0.6) is 0 Å². The van der Waals surface area contributed by atoms with E-state index in [9.17, 15) is 9.90 Å². The molecule has 0 radical (unpaired) electrons. The lowest BCUT2D eigenvalue weighted by Gasteiger charge is -2.54. The van der Waals surface area contributed by atoms with Crippen LogP contribution in [0.15, 0.2) is 23.3 Å². The highest BCUT2D eigenvalue weighted by Gasteiger charge is 2.57. The van der Waals surface area contributed by atoms with Crippen LogP contribution in [0.2, 0.25) is 0 Å². The molecule has 0 spiro atoms. The van der Waals surface area contributed by atoms with E-state index in [1.807, 2.05) is 0 Å². The lowest BCUT2D eigenvalue weighted by atomic mass is 9.50. The predicted molar refractivity (Wildman–Crippen MR) is 124 cm³/mol. The second-order valence-corrected chi connectivity index (χ2v) is 12.2. The van der Waals surface area contributed by atoms with Crippen LogP contribution in [-0.4, -0.2) is 17.0 Å². The topological polar surface area (TPSA) is 37.3 Å². The van der Waals surface area contributed by atoms with Crippen molar-refractivity contribution in [1.29, 1.82) is 0 Å². The number of allylic oxidation sites excluding steroid dienone is 4. The number of aliphatic hydroxyl groups is 1. The highest BCUT2D eigenvalue weighted by Crippen LogP contribution is 2.65. The van der Waals surface area contributed by atoms with E-state index in [1.165, 1.54) is 30.4 Å². The Kier molecular flexibility index (Phi) is 5.88. The van der Waals surface area contributed by atoms with Gasteiger partial charge < -0.3 is 5.11 Å². The maximum atomic E-state index is 13.4. The lowest BCUT2D eigenvalue weighted by Crippen LogP contribution is -2.48. The number of aliphatic hydroxyl groups excluding tert-OH is 1. The van der Waals surface area contributed by atoms with Crippen LogP contribution in [0.25, 0.3) is 0 Å². The summed E-state index contributed by atoms with van der Waals surface area (Å²) < 4.78 is 0. The Labute approximate surface area is 184 Å².